The van der Waals surface area contributed by atoms with Crippen molar-refractivity contribution in [3.63, 3.8) is 0 Å². The van der Waals surface area contributed by atoms with Crippen molar-refractivity contribution in [2.75, 3.05) is 25.2 Å². The van der Waals surface area contributed by atoms with Gasteiger partial charge in [0.05, 0.1) is 12.2 Å². The molecule has 0 aliphatic carbocycles. The highest BCUT2D eigenvalue weighted by molar-refractivity contribution is 7.98. The van der Waals surface area contributed by atoms with Gasteiger partial charge >= 0.3 is 11.9 Å². The van der Waals surface area contributed by atoms with Gasteiger partial charge in [0, 0.05) is 23.1 Å². The molecule has 22 heavy (non-hydrogen) atoms. The second kappa shape index (κ2) is 8.98. The smallest absolute Gasteiger partial charge is 0.336 e. The van der Waals surface area contributed by atoms with E-state index in [9.17, 15) is 9.59 Å². The number of rotatable bonds is 7. The van der Waals surface area contributed by atoms with Gasteiger partial charge < -0.3 is 9.47 Å². The number of allylic oxidation sites excluding steroid dienone is 1. The number of hydrogen-bond donors (Lipinski definition) is 0. The molecule has 124 valence electrons. The number of ether oxygens (including phenoxy) is 2. The lowest BCUT2D eigenvalue weighted by Crippen LogP contribution is -2.37. The minimum Gasteiger partial charge on any atom is -0.465 e. The van der Waals surface area contributed by atoms with Gasteiger partial charge in [0.25, 0.3) is 0 Å². The highest BCUT2D eigenvalue weighted by Gasteiger charge is 2.40. The van der Waals surface area contributed by atoms with Crippen LogP contribution >= 0.6 is 11.8 Å². The van der Waals surface area contributed by atoms with Gasteiger partial charge in [-0.1, -0.05) is 6.92 Å². The van der Waals surface area contributed by atoms with Crippen molar-refractivity contribution < 1.29 is 19.1 Å². The molecule has 6 heteroatoms. The Bertz CT molecular complexity index is 485. The molecular weight excluding hydrogens is 302 g/mol. The fraction of sp³-hybridized carbons (Fsp3) is 0.688. The summed E-state index contributed by atoms with van der Waals surface area (Å²) in [4.78, 5) is 29.0. The molecule has 0 aromatic rings. The first-order chi connectivity index (χ1) is 10.5. The topological polar surface area (TPSA) is 65.0 Å². The third-order valence-corrected chi connectivity index (χ3v) is 4.25. The van der Waals surface area contributed by atoms with Gasteiger partial charge in [-0.25, -0.2) is 4.79 Å². The zero-order chi connectivity index (χ0) is 16.7. The predicted molar refractivity (Wildman–Crippen MR) is 89.1 cm³/mol. The molecule has 2 atom stereocenters. The van der Waals surface area contributed by atoms with Gasteiger partial charge in [-0.15, -0.1) is 0 Å². The van der Waals surface area contributed by atoms with Crippen molar-refractivity contribution in [3.8, 4) is 0 Å². The van der Waals surface area contributed by atoms with Crippen LogP contribution in [0.4, 0.5) is 0 Å². The van der Waals surface area contributed by atoms with E-state index in [1.54, 1.807) is 25.6 Å². The van der Waals surface area contributed by atoms with Crippen LogP contribution in [0.15, 0.2) is 16.3 Å². The van der Waals surface area contributed by atoms with Gasteiger partial charge in [0.15, 0.2) is 0 Å². The Morgan fingerprint density at radius 2 is 1.91 bits per heavy atom. The first-order valence-electron chi connectivity index (χ1n) is 7.56. The van der Waals surface area contributed by atoms with Gasteiger partial charge in [-0.05, 0) is 33.4 Å². The Morgan fingerprint density at radius 1 is 1.23 bits per heavy atom. The normalized spacial score (nSPS) is 21.4. The molecule has 1 aliphatic rings. The Labute approximate surface area is 136 Å². The van der Waals surface area contributed by atoms with Crippen molar-refractivity contribution in [2.24, 2.45) is 16.8 Å². The third-order valence-electron chi connectivity index (χ3n) is 3.68. The number of aliphatic imine (C=N–C) groups is 1. The predicted octanol–water partition coefficient (Wildman–Crippen LogP) is 2.85. The number of nitrogens with zero attached hydrogens (tertiary/aromatic N) is 1. The zero-order valence-electron chi connectivity index (χ0n) is 14.0. The molecule has 0 spiro atoms. The second-order valence-electron chi connectivity index (χ2n) is 5.13. The maximum Gasteiger partial charge on any atom is 0.336 e. The molecule has 1 aliphatic heterocycles. The molecule has 0 bridgehead atoms. The Hall–Kier alpha value is -1.30. The number of carbonyl (C=O) groups is 2. The first kappa shape index (κ1) is 18.7. The third kappa shape index (κ3) is 4.35. The highest BCUT2D eigenvalue weighted by atomic mass is 32.2. The summed E-state index contributed by atoms with van der Waals surface area (Å²) in [6, 6.07) is 0. The minimum atomic E-state index is -0.503. The van der Waals surface area contributed by atoms with Crippen LogP contribution in [-0.4, -0.2) is 42.9 Å². The van der Waals surface area contributed by atoms with E-state index in [0.29, 0.717) is 36.6 Å². The molecule has 2 unspecified atom stereocenters. The largest absolute Gasteiger partial charge is 0.465 e. The van der Waals surface area contributed by atoms with Gasteiger partial charge in [0.2, 0.25) is 0 Å². The van der Waals surface area contributed by atoms with Crippen molar-refractivity contribution in [3.05, 3.63) is 11.3 Å². The van der Waals surface area contributed by atoms with Crippen LogP contribution in [0.1, 0.15) is 34.1 Å². The van der Waals surface area contributed by atoms with Crippen LogP contribution in [0.3, 0.4) is 0 Å². The number of hydrogen-bond acceptors (Lipinski definition) is 6. The molecule has 5 nitrogen and oxygen atoms in total. The van der Waals surface area contributed by atoms with Crippen LogP contribution < -0.4 is 0 Å². The van der Waals surface area contributed by atoms with E-state index in [1.807, 2.05) is 20.1 Å². The summed E-state index contributed by atoms with van der Waals surface area (Å²) in [5.74, 6) is -0.685. The Balaban J connectivity index is 3.04. The quantitative estimate of drug-likeness (QED) is 0.531. The molecule has 1 rings (SSSR count). The van der Waals surface area contributed by atoms with Gasteiger partial charge in [0.1, 0.15) is 12.5 Å². The maximum atomic E-state index is 12.4. The van der Waals surface area contributed by atoms with Crippen molar-refractivity contribution in [1.82, 2.24) is 0 Å². The summed E-state index contributed by atoms with van der Waals surface area (Å²) in [5.41, 5.74) is 1.84. The number of thioether (sulfide) groups is 1. The first-order valence-corrected chi connectivity index (χ1v) is 8.95. The van der Waals surface area contributed by atoms with Crippen LogP contribution in [0, 0.1) is 11.8 Å². The Kier molecular flexibility index (Phi) is 7.65. The molecule has 0 N–H and O–H groups in total. The van der Waals surface area contributed by atoms with E-state index in [0.717, 1.165) is 5.75 Å². The summed E-state index contributed by atoms with van der Waals surface area (Å²) in [5, 5.41) is 0. The second-order valence-corrected chi connectivity index (χ2v) is 6.11. The summed E-state index contributed by atoms with van der Waals surface area (Å²) in [6.07, 6.45) is 2.61. The van der Waals surface area contributed by atoms with E-state index in [1.165, 1.54) is 0 Å². The fourth-order valence-corrected chi connectivity index (χ4v) is 2.97. The molecule has 0 saturated carbocycles. The molecule has 0 aromatic heterocycles. The summed E-state index contributed by atoms with van der Waals surface area (Å²) in [7, 11) is 0. The summed E-state index contributed by atoms with van der Waals surface area (Å²) in [6.45, 7) is 8.00. The minimum absolute atomic E-state index is 0.238. The van der Waals surface area contributed by atoms with E-state index in [4.69, 9.17) is 9.47 Å². The van der Waals surface area contributed by atoms with E-state index in [2.05, 4.69) is 4.99 Å². The fourth-order valence-electron chi connectivity index (χ4n) is 2.72. The average molecular weight is 327 g/mol. The van der Waals surface area contributed by atoms with Gasteiger partial charge in [-0.3, -0.25) is 9.79 Å². The monoisotopic (exact) mass is 327 g/mol. The molecule has 0 saturated heterocycles. The molecule has 0 amide bonds. The van der Waals surface area contributed by atoms with E-state index >= 15 is 0 Å². The van der Waals surface area contributed by atoms with Gasteiger partial charge in [-0.2, -0.15) is 11.8 Å². The van der Waals surface area contributed by atoms with Crippen molar-refractivity contribution >= 4 is 29.4 Å². The van der Waals surface area contributed by atoms with Crippen LogP contribution in [0.2, 0.25) is 0 Å². The van der Waals surface area contributed by atoms with E-state index in [-0.39, 0.29) is 17.9 Å². The highest BCUT2D eigenvalue weighted by Crippen LogP contribution is 2.34. The van der Waals surface area contributed by atoms with Crippen LogP contribution in [0.5, 0.6) is 0 Å². The Morgan fingerprint density at radius 3 is 2.45 bits per heavy atom. The lowest BCUT2D eigenvalue weighted by atomic mass is 9.78. The molecule has 1 heterocycles. The SMILES string of the molecule is CCOC(=O)C1C(C)=NC(C)=C(C(=O)OCCSC)C1CC. The average Bonchev–Trinajstić information content (AvgIpc) is 2.46. The molecular formula is C16H25NO4S. The van der Waals surface area contributed by atoms with Crippen molar-refractivity contribution in [2.45, 2.75) is 34.1 Å². The summed E-state index contributed by atoms with van der Waals surface area (Å²) >= 11 is 1.62. The standard InChI is InChI=1S/C16H25NO4S/c1-6-12-13(15(18)20-7-2)10(3)17-11(4)14(12)16(19)21-8-9-22-5/h12-13H,6-9H2,1-5H3. The lowest BCUT2D eigenvalue weighted by molar-refractivity contribution is -0.147. The summed E-state index contributed by atoms with van der Waals surface area (Å²) < 4.78 is 10.5. The molecule has 0 fully saturated rings. The number of carbonyl (C=O) groups excluding carboxylic acids is 2. The van der Waals surface area contributed by atoms with Crippen LogP contribution in [-0.2, 0) is 19.1 Å². The molecule has 0 radical (unpaired) electrons. The number of esters is 2. The maximum absolute atomic E-state index is 12.4. The van der Waals surface area contributed by atoms with E-state index < -0.39 is 5.92 Å². The van der Waals surface area contributed by atoms with Crippen molar-refractivity contribution in [1.29, 1.82) is 0 Å². The lowest BCUT2D eigenvalue weighted by Gasteiger charge is -2.30. The van der Waals surface area contributed by atoms with Crippen LogP contribution in [0.25, 0.3) is 0 Å². The zero-order valence-corrected chi connectivity index (χ0v) is 14.8. The molecule has 0 aromatic carbocycles.